The van der Waals surface area contributed by atoms with Gasteiger partial charge in [0.1, 0.15) is 0 Å². The van der Waals surface area contributed by atoms with E-state index in [2.05, 4.69) is 176 Å². The average molecular weight is 766 g/mol. The SMILES string of the molecule is c1ccc(-c2nc(-c3ccccc3)nc(-c3ccc(-c4c(-c5ccccc5)c(-c5ccccc5)c(-c5ccccc5)c(-c5ccccc5)c4-c4ccccc4)cc3)n2)cc1. The van der Waals surface area contributed by atoms with Crippen molar-refractivity contribution in [3.63, 3.8) is 0 Å². The molecule has 0 spiro atoms. The summed E-state index contributed by atoms with van der Waals surface area (Å²) in [6.07, 6.45) is 0. The minimum atomic E-state index is 0.621. The largest absolute Gasteiger partial charge is 0.208 e. The van der Waals surface area contributed by atoms with E-state index in [-0.39, 0.29) is 0 Å². The second-order valence-electron chi connectivity index (χ2n) is 14.7. The van der Waals surface area contributed by atoms with Gasteiger partial charge in [-0.3, -0.25) is 0 Å². The summed E-state index contributed by atoms with van der Waals surface area (Å²) in [4.78, 5) is 15.1. The van der Waals surface area contributed by atoms with E-state index in [9.17, 15) is 0 Å². The molecule has 0 fully saturated rings. The molecule has 10 aromatic rings. The molecule has 0 saturated carbocycles. The molecule has 0 bridgehead atoms. The van der Waals surface area contributed by atoms with Crippen molar-refractivity contribution in [1.29, 1.82) is 0 Å². The molecule has 0 aliphatic rings. The molecule has 0 N–H and O–H groups in total. The molecule has 282 valence electrons. The van der Waals surface area contributed by atoms with E-state index < -0.39 is 0 Å². The Morgan fingerprint density at radius 3 is 0.517 bits per heavy atom. The molecule has 10 rings (SSSR count). The van der Waals surface area contributed by atoms with E-state index in [4.69, 9.17) is 15.0 Å². The lowest BCUT2D eigenvalue weighted by molar-refractivity contribution is 1.07. The lowest BCUT2D eigenvalue weighted by atomic mass is 9.74. The minimum absolute atomic E-state index is 0.621. The topological polar surface area (TPSA) is 38.7 Å². The number of hydrogen-bond acceptors (Lipinski definition) is 3. The zero-order valence-electron chi connectivity index (χ0n) is 32.9. The first-order valence-corrected chi connectivity index (χ1v) is 20.3. The highest BCUT2D eigenvalue weighted by molar-refractivity contribution is 6.15. The smallest absolute Gasteiger partial charge is 0.164 e. The van der Waals surface area contributed by atoms with Gasteiger partial charge < -0.3 is 0 Å². The van der Waals surface area contributed by atoms with Gasteiger partial charge in [0.15, 0.2) is 17.5 Å². The van der Waals surface area contributed by atoms with Gasteiger partial charge in [-0.15, -0.1) is 0 Å². The van der Waals surface area contributed by atoms with Gasteiger partial charge in [-0.1, -0.05) is 237 Å². The van der Waals surface area contributed by atoms with Crippen molar-refractivity contribution in [3.05, 3.63) is 237 Å². The number of hydrogen-bond donors (Lipinski definition) is 0. The van der Waals surface area contributed by atoms with Crippen molar-refractivity contribution in [1.82, 2.24) is 15.0 Å². The maximum Gasteiger partial charge on any atom is 0.164 e. The van der Waals surface area contributed by atoms with Crippen LogP contribution in [0.5, 0.6) is 0 Å². The lowest BCUT2D eigenvalue weighted by Crippen LogP contribution is -2.02. The molecule has 1 heterocycles. The Morgan fingerprint density at radius 2 is 0.300 bits per heavy atom. The Hall–Kier alpha value is -8.01. The highest BCUT2D eigenvalue weighted by Crippen LogP contribution is 2.55. The molecule has 9 aromatic carbocycles. The second-order valence-corrected chi connectivity index (χ2v) is 14.7. The fraction of sp³-hybridized carbons (Fsp3) is 0. The first kappa shape index (κ1) is 36.3. The summed E-state index contributed by atoms with van der Waals surface area (Å²) in [6, 6.07) is 83.4. The summed E-state index contributed by atoms with van der Waals surface area (Å²) in [7, 11) is 0. The molecule has 0 unspecified atom stereocenters. The predicted molar refractivity (Wildman–Crippen MR) is 249 cm³/mol. The molecular weight excluding hydrogens is 727 g/mol. The van der Waals surface area contributed by atoms with Gasteiger partial charge in [0, 0.05) is 16.7 Å². The molecular formula is C57H39N3. The normalized spacial score (nSPS) is 11.0. The molecule has 3 heteroatoms. The summed E-state index contributed by atoms with van der Waals surface area (Å²) in [6.45, 7) is 0. The van der Waals surface area contributed by atoms with Gasteiger partial charge >= 0.3 is 0 Å². The monoisotopic (exact) mass is 765 g/mol. The van der Waals surface area contributed by atoms with Crippen LogP contribution in [0.1, 0.15) is 0 Å². The number of aromatic nitrogens is 3. The molecule has 0 radical (unpaired) electrons. The van der Waals surface area contributed by atoms with Crippen LogP contribution in [0.2, 0.25) is 0 Å². The number of rotatable bonds is 9. The van der Waals surface area contributed by atoms with E-state index in [1.165, 1.54) is 27.8 Å². The van der Waals surface area contributed by atoms with Crippen molar-refractivity contribution in [3.8, 4) is 101 Å². The Bertz CT molecular complexity index is 2850. The van der Waals surface area contributed by atoms with Crippen molar-refractivity contribution < 1.29 is 0 Å². The van der Waals surface area contributed by atoms with Crippen LogP contribution in [0.25, 0.3) is 101 Å². The quantitative estimate of drug-likeness (QED) is 0.147. The van der Waals surface area contributed by atoms with E-state index >= 15 is 0 Å². The molecule has 3 nitrogen and oxygen atoms in total. The molecule has 60 heavy (non-hydrogen) atoms. The second kappa shape index (κ2) is 16.5. The molecule has 0 aliphatic carbocycles. The third-order valence-corrected chi connectivity index (χ3v) is 10.9. The Balaban J connectivity index is 1.30. The van der Waals surface area contributed by atoms with Crippen LogP contribution in [0.15, 0.2) is 237 Å². The van der Waals surface area contributed by atoms with Crippen molar-refractivity contribution in [2.24, 2.45) is 0 Å². The zero-order chi connectivity index (χ0) is 40.1. The predicted octanol–water partition coefficient (Wildman–Crippen LogP) is 14.9. The van der Waals surface area contributed by atoms with Crippen LogP contribution in [0.3, 0.4) is 0 Å². The summed E-state index contributed by atoms with van der Waals surface area (Å²) in [5.74, 6) is 1.89. The van der Waals surface area contributed by atoms with Gasteiger partial charge in [-0.25, -0.2) is 15.0 Å². The number of nitrogens with zero attached hydrogens (tertiary/aromatic N) is 3. The maximum atomic E-state index is 5.06. The summed E-state index contributed by atoms with van der Waals surface area (Å²) < 4.78 is 0. The van der Waals surface area contributed by atoms with Gasteiger partial charge in [0.2, 0.25) is 0 Å². The third-order valence-electron chi connectivity index (χ3n) is 10.9. The van der Waals surface area contributed by atoms with Crippen LogP contribution in [0, 0.1) is 0 Å². The van der Waals surface area contributed by atoms with Gasteiger partial charge in [0.25, 0.3) is 0 Å². The average Bonchev–Trinajstić information content (AvgIpc) is 3.35. The number of benzene rings is 9. The summed E-state index contributed by atoms with van der Waals surface area (Å²) in [5.41, 5.74) is 16.7. The van der Waals surface area contributed by atoms with E-state index in [0.29, 0.717) is 17.5 Å². The van der Waals surface area contributed by atoms with E-state index in [1.54, 1.807) is 0 Å². The van der Waals surface area contributed by atoms with Crippen LogP contribution < -0.4 is 0 Å². The first-order valence-electron chi connectivity index (χ1n) is 20.3. The zero-order valence-corrected chi connectivity index (χ0v) is 32.9. The van der Waals surface area contributed by atoms with E-state index in [1.807, 2.05) is 60.7 Å². The molecule has 0 atom stereocenters. The van der Waals surface area contributed by atoms with Gasteiger partial charge in [0.05, 0.1) is 0 Å². The fourth-order valence-electron chi connectivity index (χ4n) is 8.23. The summed E-state index contributed by atoms with van der Waals surface area (Å²) in [5, 5.41) is 0. The molecule has 0 saturated heterocycles. The van der Waals surface area contributed by atoms with Gasteiger partial charge in [-0.2, -0.15) is 0 Å². The van der Waals surface area contributed by atoms with Crippen molar-refractivity contribution in [2.45, 2.75) is 0 Å². The van der Waals surface area contributed by atoms with Crippen LogP contribution >= 0.6 is 0 Å². The van der Waals surface area contributed by atoms with Crippen LogP contribution in [0.4, 0.5) is 0 Å². The van der Waals surface area contributed by atoms with Gasteiger partial charge in [-0.05, 0) is 66.8 Å². The summed E-state index contributed by atoms with van der Waals surface area (Å²) >= 11 is 0. The highest BCUT2D eigenvalue weighted by atomic mass is 15.0. The fourth-order valence-corrected chi connectivity index (χ4v) is 8.23. The maximum absolute atomic E-state index is 5.06. The van der Waals surface area contributed by atoms with Crippen LogP contribution in [-0.4, -0.2) is 15.0 Å². The van der Waals surface area contributed by atoms with Crippen molar-refractivity contribution >= 4 is 0 Å². The standard InChI is InChI=1S/C57H39N3/c1-8-22-40(23-9-1)49-50(41-24-10-2-11-25-41)52(43-28-14-4-15-29-43)54(53(44-30-16-5-17-31-44)51(49)42-26-12-3-13-27-42)45-36-38-48(39-37-45)57-59-55(46-32-18-6-19-33-46)58-56(60-57)47-34-20-7-21-35-47/h1-39H. The highest BCUT2D eigenvalue weighted by Gasteiger charge is 2.29. The van der Waals surface area contributed by atoms with E-state index in [0.717, 1.165) is 55.6 Å². The first-order chi connectivity index (χ1) is 29.8. The Labute approximate surface area is 351 Å². The lowest BCUT2D eigenvalue weighted by Gasteiger charge is -2.28. The Kier molecular flexibility index (Phi) is 9.97. The van der Waals surface area contributed by atoms with Crippen LogP contribution in [-0.2, 0) is 0 Å². The van der Waals surface area contributed by atoms with Crippen molar-refractivity contribution in [2.75, 3.05) is 0 Å². The molecule has 0 aliphatic heterocycles. The molecule has 1 aromatic heterocycles. The molecule has 0 amide bonds. The Morgan fingerprint density at radius 1 is 0.150 bits per heavy atom. The third kappa shape index (κ3) is 7.10. The minimum Gasteiger partial charge on any atom is -0.208 e.